The van der Waals surface area contributed by atoms with Gasteiger partial charge in [0.2, 0.25) is 0 Å². The third kappa shape index (κ3) is 3.48. The normalized spacial score (nSPS) is 15.0. The van der Waals surface area contributed by atoms with Crippen molar-refractivity contribution in [2.75, 3.05) is 43.1 Å². The molecule has 0 saturated carbocycles. The molecule has 0 aliphatic carbocycles. The van der Waals surface area contributed by atoms with E-state index in [1.54, 1.807) is 7.11 Å². The molecule has 1 aliphatic heterocycles. The summed E-state index contributed by atoms with van der Waals surface area (Å²) in [6, 6.07) is 11.5. The Morgan fingerprint density at radius 3 is 2.22 bits per heavy atom. The highest BCUT2D eigenvalue weighted by molar-refractivity contribution is 9.11. The molecule has 0 N–H and O–H groups in total. The van der Waals surface area contributed by atoms with Crippen LogP contribution in [0.5, 0.6) is 5.75 Å². The van der Waals surface area contributed by atoms with E-state index in [1.807, 2.05) is 24.3 Å². The minimum atomic E-state index is -0.249. The van der Waals surface area contributed by atoms with Crippen LogP contribution in [0.25, 0.3) is 0 Å². The molecule has 0 bridgehead atoms. The number of nitrogens with zero attached hydrogens (tertiary/aromatic N) is 2. The molecule has 1 fully saturated rings. The van der Waals surface area contributed by atoms with E-state index in [2.05, 4.69) is 47.7 Å². The van der Waals surface area contributed by atoms with E-state index in [0.717, 1.165) is 47.8 Å². The molecule has 0 radical (unpaired) electrons. The van der Waals surface area contributed by atoms with Crippen LogP contribution in [0.4, 0.5) is 15.8 Å². The van der Waals surface area contributed by atoms with Crippen molar-refractivity contribution in [2.45, 2.75) is 0 Å². The van der Waals surface area contributed by atoms with Crippen LogP contribution in [0.1, 0.15) is 0 Å². The van der Waals surface area contributed by atoms with E-state index in [4.69, 9.17) is 4.74 Å². The molecular weight excluding hydrogens is 427 g/mol. The maximum atomic E-state index is 13.9. The monoisotopic (exact) mass is 442 g/mol. The lowest BCUT2D eigenvalue weighted by Gasteiger charge is -2.38. The van der Waals surface area contributed by atoms with Gasteiger partial charge >= 0.3 is 0 Å². The standard InChI is InChI=1S/C17H17Br2FN2O/c1-23-16-5-3-2-4-14(16)21-6-8-22(9-7-21)15-11-12(18)10-13(20)17(15)19/h2-5,10-11H,6-9H2,1H3. The topological polar surface area (TPSA) is 15.7 Å². The molecule has 1 saturated heterocycles. The molecule has 2 aromatic carbocycles. The zero-order valence-corrected chi connectivity index (χ0v) is 15.9. The molecule has 0 aromatic heterocycles. The number of para-hydroxylation sites is 2. The van der Waals surface area contributed by atoms with E-state index in [1.165, 1.54) is 6.07 Å². The summed E-state index contributed by atoms with van der Waals surface area (Å²) >= 11 is 6.73. The van der Waals surface area contributed by atoms with Gasteiger partial charge in [-0.2, -0.15) is 0 Å². The van der Waals surface area contributed by atoms with E-state index < -0.39 is 0 Å². The number of piperazine rings is 1. The summed E-state index contributed by atoms with van der Waals surface area (Å²) in [5.41, 5.74) is 1.99. The summed E-state index contributed by atoms with van der Waals surface area (Å²) in [5, 5.41) is 0. The van der Waals surface area contributed by atoms with Gasteiger partial charge in [-0.05, 0) is 40.2 Å². The molecule has 3 nitrogen and oxygen atoms in total. The second-order valence-corrected chi connectivity index (χ2v) is 7.08. The lowest BCUT2D eigenvalue weighted by atomic mass is 10.2. The van der Waals surface area contributed by atoms with E-state index >= 15 is 0 Å². The van der Waals surface area contributed by atoms with Crippen molar-refractivity contribution < 1.29 is 9.13 Å². The molecule has 0 spiro atoms. The van der Waals surface area contributed by atoms with Gasteiger partial charge in [0.15, 0.2) is 0 Å². The Morgan fingerprint density at radius 2 is 1.57 bits per heavy atom. The fraction of sp³-hybridized carbons (Fsp3) is 0.294. The highest BCUT2D eigenvalue weighted by Crippen LogP contribution is 2.34. The molecule has 1 aliphatic rings. The van der Waals surface area contributed by atoms with Gasteiger partial charge in [-0.3, -0.25) is 0 Å². The van der Waals surface area contributed by atoms with Gasteiger partial charge in [-0.15, -0.1) is 0 Å². The number of hydrogen-bond donors (Lipinski definition) is 0. The predicted octanol–water partition coefficient (Wildman–Crippen LogP) is 4.69. The maximum absolute atomic E-state index is 13.9. The summed E-state index contributed by atoms with van der Waals surface area (Å²) in [7, 11) is 1.69. The fourth-order valence-electron chi connectivity index (χ4n) is 2.85. The number of methoxy groups -OCH3 is 1. The number of anilines is 2. The van der Waals surface area contributed by atoms with Gasteiger partial charge in [0.25, 0.3) is 0 Å². The lowest BCUT2D eigenvalue weighted by molar-refractivity contribution is 0.413. The minimum absolute atomic E-state index is 0.249. The average molecular weight is 444 g/mol. The first-order valence-corrected chi connectivity index (χ1v) is 8.96. The van der Waals surface area contributed by atoms with Crippen LogP contribution in [0.3, 0.4) is 0 Å². The number of rotatable bonds is 3. The van der Waals surface area contributed by atoms with Crippen LogP contribution in [-0.2, 0) is 0 Å². The van der Waals surface area contributed by atoms with Crippen molar-refractivity contribution in [1.29, 1.82) is 0 Å². The first kappa shape index (κ1) is 16.6. The number of halogens is 3. The Labute approximate surface area is 152 Å². The molecule has 1 heterocycles. The van der Waals surface area contributed by atoms with Crippen LogP contribution < -0.4 is 14.5 Å². The van der Waals surface area contributed by atoms with Crippen molar-refractivity contribution in [3.05, 3.63) is 51.2 Å². The second kappa shape index (κ2) is 7.09. The molecule has 23 heavy (non-hydrogen) atoms. The summed E-state index contributed by atoms with van der Waals surface area (Å²) in [6.07, 6.45) is 0. The Bertz CT molecular complexity index is 703. The SMILES string of the molecule is COc1ccccc1N1CCN(c2cc(Br)cc(F)c2Br)CC1. The first-order chi connectivity index (χ1) is 11.1. The van der Waals surface area contributed by atoms with Crippen molar-refractivity contribution in [3.63, 3.8) is 0 Å². The van der Waals surface area contributed by atoms with Crippen LogP contribution >= 0.6 is 31.9 Å². The van der Waals surface area contributed by atoms with Crippen molar-refractivity contribution >= 4 is 43.2 Å². The van der Waals surface area contributed by atoms with Gasteiger partial charge < -0.3 is 14.5 Å². The van der Waals surface area contributed by atoms with E-state index in [-0.39, 0.29) is 5.82 Å². The van der Waals surface area contributed by atoms with Crippen LogP contribution in [0, 0.1) is 5.82 Å². The first-order valence-electron chi connectivity index (χ1n) is 7.37. The van der Waals surface area contributed by atoms with E-state index in [0.29, 0.717) is 4.47 Å². The highest BCUT2D eigenvalue weighted by Gasteiger charge is 2.22. The summed E-state index contributed by atoms with van der Waals surface area (Å²) in [4.78, 5) is 4.50. The van der Waals surface area contributed by atoms with Crippen molar-refractivity contribution in [1.82, 2.24) is 0 Å². The third-order valence-corrected chi connectivity index (χ3v) is 5.26. The fourth-order valence-corrected chi connectivity index (χ4v) is 3.75. The Balaban J connectivity index is 1.76. The second-order valence-electron chi connectivity index (χ2n) is 5.37. The molecule has 0 atom stereocenters. The molecule has 122 valence electrons. The largest absolute Gasteiger partial charge is 0.495 e. The average Bonchev–Trinajstić information content (AvgIpc) is 2.58. The van der Waals surface area contributed by atoms with Crippen molar-refractivity contribution in [3.8, 4) is 5.75 Å². The zero-order valence-electron chi connectivity index (χ0n) is 12.7. The Hall–Kier alpha value is -1.27. The minimum Gasteiger partial charge on any atom is -0.495 e. The van der Waals surface area contributed by atoms with Gasteiger partial charge in [0.1, 0.15) is 11.6 Å². The Morgan fingerprint density at radius 1 is 0.957 bits per heavy atom. The van der Waals surface area contributed by atoms with Gasteiger partial charge in [0.05, 0.1) is 23.0 Å². The molecule has 0 unspecified atom stereocenters. The molecule has 0 amide bonds. The zero-order chi connectivity index (χ0) is 16.4. The number of hydrogen-bond acceptors (Lipinski definition) is 3. The van der Waals surface area contributed by atoms with Crippen LogP contribution in [-0.4, -0.2) is 33.3 Å². The van der Waals surface area contributed by atoms with E-state index in [9.17, 15) is 4.39 Å². The summed E-state index contributed by atoms with van der Waals surface area (Å²) in [6.45, 7) is 3.38. The van der Waals surface area contributed by atoms with Gasteiger partial charge in [-0.1, -0.05) is 28.1 Å². The third-order valence-electron chi connectivity index (χ3n) is 4.02. The molecular formula is C17H17Br2FN2O. The summed E-state index contributed by atoms with van der Waals surface area (Å²) < 4.78 is 20.6. The van der Waals surface area contributed by atoms with Crippen LogP contribution in [0.2, 0.25) is 0 Å². The number of benzene rings is 2. The maximum Gasteiger partial charge on any atom is 0.142 e. The highest BCUT2D eigenvalue weighted by atomic mass is 79.9. The number of ether oxygens (including phenoxy) is 1. The molecule has 3 rings (SSSR count). The van der Waals surface area contributed by atoms with Gasteiger partial charge in [0, 0.05) is 30.7 Å². The summed E-state index contributed by atoms with van der Waals surface area (Å²) in [5.74, 6) is 0.636. The molecule has 2 aromatic rings. The lowest BCUT2D eigenvalue weighted by Crippen LogP contribution is -2.46. The molecule has 6 heteroatoms. The Kier molecular flexibility index (Phi) is 5.11. The smallest absolute Gasteiger partial charge is 0.142 e. The predicted molar refractivity (Wildman–Crippen MR) is 99.2 cm³/mol. The quantitative estimate of drug-likeness (QED) is 0.640. The van der Waals surface area contributed by atoms with Crippen molar-refractivity contribution in [2.24, 2.45) is 0 Å². The van der Waals surface area contributed by atoms with Crippen LogP contribution in [0.15, 0.2) is 45.3 Å². The van der Waals surface area contributed by atoms with Gasteiger partial charge in [-0.25, -0.2) is 4.39 Å².